The highest BCUT2D eigenvalue weighted by Crippen LogP contribution is 2.67. The lowest BCUT2D eigenvalue weighted by atomic mass is 9.79. The normalized spacial score (nSPS) is 28.7. The van der Waals surface area contributed by atoms with Crippen LogP contribution >= 0.6 is 0 Å². The number of nitrogens with zero attached hydrogens (tertiary/aromatic N) is 1. The van der Waals surface area contributed by atoms with Crippen molar-refractivity contribution in [1.29, 1.82) is 0 Å². The minimum Gasteiger partial charge on any atom is -0.297 e. The van der Waals surface area contributed by atoms with Gasteiger partial charge in [0.15, 0.2) is 5.78 Å². The predicted molar refractivity (Wildman–Crippen MR) is 101 cm³/mol. The van der Waals surface area contributed by atoms with E-state index in [1.54, 1.807) is 24.3 Å². The second-order valence-electron chi connectivity index (χ2n) is 7.97. The van der Waals surface area contributed by atoms with Crippen LogP contribution in [0, 0.1) is 19.3 Å². The van der Waals surface area contributed by atoms with Crippen LogP contribution in [0.2, 0.25) is 0 Å². The SMILES string of the molecule is Cc1ccc(S(=O)(=O)N2CC(=O)[C@@]3(c4ccccc4C)C[C@@]3(C)C2)cc1. The Hall–Kier alpha value is -1.98. The predicted octanol–water partition coefficient (Wildman–Crippen LogP) is 3.22. The molecular weight excluding hydrogens is 346 g/mol. The lowest BCUT2D eigenvalue weighted by Crippen LogP contribution is -2.50. The fourth-order valence-corrected chi connectivity index (χ4v) is 6.08. The minimum absolute atomic E-state index is 0.0104. The number of aryl methyl sites for hydroxylation is 2. The third-order valence-corrected chi connectivity index (χ3v) is 7.95. The lowest BCUT2D eigenvalue weighted by molar-refractivity contribution is -0.124. The molecule has 0 N–H and O–H groups in total. The Morgan fingerprint density at radius 1 is 1.00 bits per heavy atom. The van der Waals surface area contributed by atoms with Crippen molar-refractivity contribution in [2.45, 2.75) is 37.5 Å². The van der Waals surface area contributed by atoms with Gasteiger partial charge in [0, 0.05) is 6.54 Å². The van der Waals surface area contributed by atoms with Crippen LogP contribution < -0.4 is 0 Å². The highest BCUT2D eigenvalue weighted by atomic mass is 32.2. The van der Waals surface area contributed by atoms with E-state index in [1.807, 2.05) is 45.0 Å². The van der Waals surface area contributed by atoms with E-state index in [9.17, 15) is 13.2 Å². The molecule has 1 saturated carbocycles. The van der Waals surface area contributed by atoms with Crippen LogP contribution in [0.25, 0.3) is 0 Å². The molecule has 0 amide bonds. The summed E-state index contributed by atoms with van der Waals surface area (Å²) in [4.78, 5) is 13.4. The average Bonchev–Trinajstić information content (AvgIpc) is 3.23. The number of Topliss-reactive ketones (excluding diaryl/α,β-unsaturated/α-hetero) is 1. The van der Waals surface area contributed by atoms with Gasteiger partial charge in [0.05, 0.1) is 16.9 Å². The first-order chi connectivity index (χ1) is 12.2. The molecule has 5 heteroatoms. The highest BCUT2D eigenvalue weighted by molar-refractivity contribution is 7.89. The van der Waals surface area contributed by atoms with Gasteiger partial charge in [0.2, 0.25) is 10.0 Å². The molecule has 2 aromatic rings. The average molecular weight is 369 g/mol. The zero-order chi connectivity index (χ0) is 18.7. The molecule has 1 aliphatic carbocycles. The summed E-state index contributed by atoms with van der Waals surface area (Å²) in [6.07, 6.45) is 0.712. The van der Waals surface area contributed by atoms with Crippen molar-refractivity contribution in [1.82, 2.24) is 4.31 Å². The van der Waals surface area contributed by atoms with Gasteiger partial charge in [-0.3, -0.25) is 4.79 Å². The first-order valence-corrected chi connectivity index (χ1v) is 10.3. The summed E-state index contributed by atoms with van der Waals surface area (Å²) in [6.45, 7) is 6.30. The summed E-state index contributed by atoms with van der Waals surface area (Å²) in [5.74, 6) is 0.0104. The molecule has 4 nitrogen and oxygen atoms in total. The van der Waals surface area contributed by atoms with Gasteiger partial charge in [-0.05, 0) is 48.9 Å². The highest BCUT2D eigenvalue weighted by Gasteiger charge is 2.72. The summed E-state index contributed by atoms with van der Waals surface area (Å²) >= 11 is 0. The number of carbonyl (C=O) groups is 1. The molecule has 0 unspecified atom stereocenters. The van der Waals surface area contributed by atoms with E-state index < -0.39 is 15.4 Å². The number of hydrogen-bond donors (Lipinski definition) is 0. The van der Waals surface area contributed by atoms with Crippen molar-refractivity contribution < 1.29 is 13.2 Å². The molecule has 2 aliphatic rings. The van der Waals surface area contributed by atoms with Gasteiger partial charge >= 0.3 is 0 Å². The van der Waals surface area contributed by atoms with Crippen LogP contribution in [-0.4, -0.2) is 31.6 Å². The van der Waals surface area contributed by atoms with Crippen molar-refractivity contribution in [2.75, 3.05) is 13.1 Å². The summed E-state index contributed by atoms with van der Waals surface area (Å²) in [6, 6.07) is 14.8. The zero-order valence-corrected chi connectivity index (χ0v) is 16.1. The molecule has 0 spiro atoms. The van der Waals surface area contributed by atoms with Gasteiger partial charge in [-0.1, -0.05) is 48.9 Å². The van der Waals surface area contributed by atoms with E-state index in [2.05, 4.69) is 0 Å². The lowest BCUT2D eigenvalue weighted by Gasteiger charge is -2.35. The number of hydrogen-bond acceptors (Lipinski definition) is 3. The Bertz CT molecular complexity index is 996. The third kappa shape index (κ3) is 2.30. The molecule has 2 aromatic carbocycles. The first-order valence-electron chi connectivity index (χ1n) is 8.87. The van der Waals surface area contributed by atoms with E-state index in [1.165, 1.54) is 4.31 Å². The number of benzene rings is 2. The molecule has 136 valence electrons. The van der Waals surface area contributed by atoms with E-state index in [0.29, 0.717) is 13.0 Å². The van der Waals surface area contributed by atoms with Crippen molar-refractivity contribution in [3.63, 3.8) is 0 Å². The van der Waals surface area contributed by atoms with Crippen molar-refractivity contribution in [3.8, 4) is 0 Å². The van der Waals surface area contributed by atoms with Gasteiger partial charge in [-0.15, -0.1) is 0 Å². The number of rotatable bonds is 3. The molecule has 2 fully saturated rings. The molecule has 1 heterocycles. The largest absolute Gasteiger partial charge is 0.297 e. The maximum absolute atomic E-state index is 13.2. The van der Waals surface area contributed by atoms with E-state index >= 15 is 0 Å². The van der Waals surface area contributed by atoms with Gasteiger partial charge in [-0.25, -0.2) is 8.42 Å². The molecule has 0 bridgehead atoms. The fraction of sp³-hybridized carbons (Fsp3) is 0.381. The van der Waals surface area contributed by atoms with Crippen LogP contribution in [0.15, 0.2) is 53.4 Å². The smallest absolute Gasteiger partial charge is 0.243 e. The number of ketones is 1. The van der Waals surface area contributed by atoms with Crippen LogP contribution in [0.1, 0.15) is 30.0 Å². The van der Waals surface area contributed by atoms with Gasteiger partial charge in [0.25, 0.3) is 0 Å². The maximum atomic E-state index is 13.2. The zero-order valence-electron chi connectivity index (χ0n) is 15.3. The van der Waals surface area contributed by atoms with Crippen LogP contribution in [0.4, 0.5) is 0 Å². The molecule has 1 aliphatic heterocycles. The molecule has 4 rings (SSSR count). The summed E-state index contributed by atoms with van der Waals surface area (Å²) in [5.41, 5.74) is 2.29. The standard InChI is InChI=1S/C21H23NO3S/c1-15-8-10-17(11-9-15)26(24,25)22-12-19(23)21(13-20(21,3)14-22)18-7-5-4-6-16(18)2/h4-11H,12-14H2,1-3H3/t20-,21-/m0/s1. The van der Waals surface area contributed by atoms with E-state index in [0.717, 1.165) is 16.7 Å². The molecule has 26 heavy (non-hydrogen) atoms. The van der Waals surface area contributed by atoms with Gasteiger partial charge in [0.1, 0.15) is 0 Å². The first kappa shape index (κ1) is 17.4. The molecule has 2 atom stereocenters. The second kappa shape index (κ2) is 5.51. The second-order valence-corrected chi connectivity index (χ2v) is 9.90. The van der Waals surface area contributed by atoms with Crippen LogP contribution in [0.5, 0.6) is 0 Å². The molecule has 0 radical (unpaired) electrons. The fourth-order valence-electron chi connectivity index (χ4n) is 4.56. The van der Waals surface area contributed by atoms with E-state index in [4.69, 9.17) is 0 Å². The Morgan fingerprint density at radius 2 is 1.65 bits per heavy atom. The monoisotopic (exact) mass is 369 g/mol. The Kier molecular flexibility index (Phi) is 3.69. The topological polar surface area (TPSA) is 54.5 Å². The van der Waals surface area contributed by atoms with Crippen LogP contribution in [-0.2, 0) is 20.2 Å². The van der Waals surface area contributed by atoms with Crippen LogP contribution in [0.3, 0.4) is 0 Å². The number of piperidine rings is 1. The number of sulfonamides is 1. The van der Waals surface area contributed by atoms with Crippen molar-refractivity contribution in [3.05, 3.63) is 65.2 Å². The Labute approximate surface area is 154 Å². The molecule has 1 saturated heterocycles. The minimum atomic E-state index is -3.66. The quantitative estimate of drug-likeness (QED) is 0.835. The van der Waals surface area contributed by atoms with E-state index in [-0.39, 0.29) is 22.6 Å². The van der Waals surface area contributed by atoms with Gasteiger partial charge < -0.3 is 0 Å². The Morgan fingerprint density at radius 3 is 2.27 bits per heavy atom. The number of carbonyl (C=O) groups excluding carboxylic acids is 1. The molecular formula is C21H23NO3S. The van der Waals surface area contributed by atoms with Gasteiger partial charge in [-0.2, -0.15) is 4.31 Å². The summed E-state index contributed by atoms with van der Waals surface area (Å²) < 4.78 is 27.4. The summed E-state index contributed by atoms with van der Waals surface area (Å²) in [5, 5.41) is 0. The van der Waals surface area contributed by atoms with Crippen molar-refractivity contribution >= 4 is 15.8 Å². The molecule has 0 aromatic heterocycles. The third-order valence-electron chi connectivity index (χ3n) is 6.15. The summed E-state index contributed by atoms with van der Waals surface area (Å²) in [7, 11) is -3.66. The van der Waals surface area contributed by atoms with Crippen molar-refractivity contribution in [2.24, 2.45) is 5.41 Å². The maximum Gasteiger partial charge on any atom is 0.243 e. The Balaban J connectivity index is 1.69. The number of fused-ring (bicyclic) bond motifs is 1.